The largest absolute Gasteiger partial charge is 0.493 e. The molecule has 160 valence electrons. The van der Waals surface area contributed by atoms with Crippen molar-refractivity contribution in [3.05, 3.63) is 45.9 Å². The first-order chi connectivity index (χ1) is 14.5. The quantitative estimate of drug-likeness (QED) is 0.491. The summed E-state index contributed by atoms with van der Waals surface area (Å²) in [4.78, 5) is 24.3. The zero-order valence-electron chi connectivity index (χ0n) is 16.1. The summed E-state index contributed by atoms with van der Waals surface area (Å²) in [6.45, 7) is 1.06. The second-order valence-electron chi connectivity index (χ2n) is 6.23. The molecule has 0 saturated heterocycles. The summed E-state index contributed by atoms with van der Waals surface area (Å²) in [6, 6.07) is 7.94. The molecule has 1 aliphatic heterocycles. The third kappa shape index (κ3) is 5.61. The Kier molecular flexibility index (Phi) is 7.48. The van der Waals surface area contributed by atoms with Crippen molar-refractivity contribution in [3.8, 4) is 23.0 Å². The summed E-state index contributed by atoms with van der Waals surface area (Å²) in [5.74, 6) is 0.853. The van der Waals surface area contributed by atoms with Gasteiger partial charge in [0.25, 0.3) is 5.91 Å². The molecule has 0 atom stereocenters. The molecule has 0 saturated carbocycles. The zero-order valence-corrected chi connectivity index (χ0v) is 17.6. The van der Waals surface area contributed by atoms with Crippen LogP contribution < -0.4 is 29.8 Å². The fraction of sp³-hybridized carbons (Fsp3) is 0.300. The Balaban J connectivity index is 1.45. The molecule has 2 N–H and O–H groups in total. The molecular weight excluding hydrogens is 435 g/mol. The second-order valence-corrected chi connectivity index (χ2v) is 7.08. The highest BCUT2D eigenvalue weighted by atomic mass is 35.5. The lowest BCUT2D eigenvalue weighted by Gasteiger charge is -2.21. The minimum Gasteiger partial charge on any atom is -0.493 e. The van der Waals surface area contributed by atoms with Crippen LogP contribution in [0.2, 0.25) is 10.0 Å². The van der Waals surface area contributed by atoms with Crippen LogP contribution >= 0.6 is 23.2 Å². The summed E-state index contributed by atoms with van der Waals surface area (Å²) in [5.41, 5.74) is 4.99. The molecule has 30 heavy (non-hydrogen) atoms. The third-order valence-corrected chi connectivity index (χ3v) is 4.64. The Labute approximate surface area is 183 Å². The molecule has 0 bridgehead atoms. The van der Waals surface area contributed by atoms with E-state index in [9.17, 15) is 9.59 Å². The number of ether oxygens (including phenoxy) is 4. The van der Waals surface area contributed by atoms with Crippen LogP contribution in [0.3, 0.4) is 0 Å². The van der Waals surface area contributed by atoms with E-state index in [0.717, 1.165) is 0 Å². The Morgan fingerprint density at radius 1 is 1.07 bits per heavy atom. The molecule has 2 amide bonds. The van der Waals surface area contributed by atoms with Gasteiger partial charge in [0, 0.05) is 17.0 Å². The average Bonchev–Trinajstić information content (AvgIpc) is 2.75. The summed E-state index contributed by atoms with van der Waals surface area (Å²) in [7, 11) is 1.47. The van der Waals surface area contributed by atoms with Crippen LogP contribution in [0.15, 0.2) is 30.3 Å². The van der Waals surface area contributed by atoms with E-state index >= 15 is 0 Å². The van der Waals surface area contributed by atoms with Crippen LogP contribution in [0.25, 0.3) is 0 Å². The molecule has 1 aliphatic rings. The van der Waals surface area contributed by atoms with E-state index in [-0.39, 0.29) is 24.5 Å². The minimum atomic E-state index is -0.511. The number of benzene rings is 2. The van der Waals surface area contributed by atoms with E-state index in [4.69, 9.17) is 42.1 Å². The van der Waals surface area contributed by atoms with Crippen LogP contribution in [0.5, 0.6) is 23.0 Å². The van der Waals surface area contributed by atoms with Crippen LogP contribution in [-0.2, 0) is 4.79 Å². The smallest absolute Gasteiger partial charge is 0.269 e. The maximum Gasteiger partial charge on any atom is 0.269 e. The lowest BCUT2D eigenvalue weighted by Crippen LogP contribution is -2.41. The molecule has 2 aromatic carbocycles. The zero-order chi connectivity index (χ0) is 21.5. The van der Waals surface area contributed by atoms with Gasteiger partial charge in [-0.25, -0.2) is 0 Å². The molecule has 0 spiro atoms. The van der Waals surface area contributed by atoms with Gasteiger partial charge in [-0.3, -0.25) is 20.4 Å². The number of rotatable bonds is 7. The second kappa shape index (κ2) is 10.3. The fourth-order valence-electron chi connectivity index (χ4n) is 2.67. The highest BCUT2D eigenvalue weighted by molar-refractivity contribution is 6.35. The van der Waals surface area contributed by atoms with Gasteiger partial charge in [0.15, 0.2) is 11.5 Å². The SMILES string of the molecule is COc1cc(C(=O)NNC(=O)CCCOc2ccc(Cl)cc2Cl)cc2c1OCCO2. The van der Waals surface area contributed by atoms with Crippen molar-refractivity contribution >= 4 is 35.0 Å². The first-order valence-electron chi connectivity index (χ1n) is 9.12. The van der Waals surface area contributed by atoms with E-state index in [2.05, 4.69) is 10.9 Å². The number of methoxy groups -OCH3 is 1. The molecule has 0 aliphatic carbocycles. The van der Waals surface area contributed by atoms with Crippen molar-refractivity contribution < 1.29 is 28.5 Å². The van der Waals surface area contributed by atoms with Gasteiger partial charge >= 0.3 is 0 Å². The number of nitrogens with one attached hydrogen (secondary N) is 2. The van der Waals surface area contributed by atoms with Gasteiger partial charge in [0.2, 0.25) is 11.7 Å². The molecule has 0 fully saturated rings. The lowest BCUT2D eigenvalue weighted by molar-refractivity contribution is -0.122. The summed E-state index contributed by atoms with van der Waals surface area (Å²) < 4.78 is 21.8. The molecule has 0 aromatic heterocycles. The molecule has 2 aromatic rings. The van der Waals surface area contributed by atoms with E-state index in [1.54, 1.807) is 18.2 Å². The minimum absolute atomic E-state index is 0.149. The molecular formula is C20H20Cl2N2O6. The average molecular weight is 455 g/mol. The number of carbonyl (C=O) groups is 2. The van der Waals surface area contributed by atoms with Gasteiger partial charge in [-0.15, -0.1) is 0 Å². The van der Waals surface area contributed by atoms with Crippen molar-refractivity contribution in [3.63, 3.8) is 0 Å². The molecule has 8 nitrogen and oxygen atoms in total. The highest BCUT2D eigenvalue weighted by Gasteiger charge is 2.21. The summed E-state index contributed by atoms with van der Waals surface area (Å²) in [5, 5.41) is 0.909. The van der Waals surface area contributed by atoms with E-state index in [1.807, 2.05) is 0 Å². The van der Waals surface area contributed by atoms with Gasteiger partial charge in [-0.2, -0.15) is 0 Å². The van der Waals surface area contributed by atoms with Crippen molar-refractivity contribution in [2.45, 2.75) is 12.8 Å². The van der Waals surface area contributed by atoms with Crippen molar-refractivity contribution in [1.29, 1.82) is 0 Å². The monoisotopic (exact) mass is 454 g/mol. The third-order valence-electron chi connectivity index (χ3n) is 4.11. The predicted molar refractivity (Wildman–Crippen MR) is 111 cm³/mol. The van der Waals surface area contributed by atoms with Crippen LogP contribution in [-0.4, -0.2) is 38.7 Å². The highest BCUT2D eigenvalue weighted by Crippen LogP contribution is 2.40. The van der Waals surface area contributed by atoms with E-state index in [1.165, 1.54) is 19.2 Å². The lowest BCUT2D eigenvalue weighted by atomic mass is 10.1. The first kappa shape index (κ1) is 21.9. The predicted octanol–water partition coefficient (Wildman–Crippen LogP) is 3.39. The first-order valence-corrected chi connectivity index (χ1v) is 9.88. The Morgan fingerprint density at radius 2 is 1.87 bits per heavy atom. The number of hydrogen-bond acceptors (Lipinski definition) is 6. The van der Waals surface area contributed by atoms with Gasteiger partial charge in [-0.05, 0) is 36.8 Å². The van der Waals surface area contributed by atoms with E-state index in [0.29, 0.717) is 52.7 Å². The topological polar surface area (TPSA) is 95.1 Å². The number of hydrazine groups is 1. The maximum absolute atomic E-state index is 12.4. The standard InChI is InChI=1S/C20H20Cl2N2O6/c1-27-16-9-12(10-17-19(16)30-8-7-29-17)20(26)24-23-18(25)3-2-6-28-15-5-4-13(21)11-14(15)22/h4-5,9-11H,2-3,6-8H2,1H3,(H,23,25)(H,24,26). The van der Waals surface area contributed by atoms with Crippen LogP contribution in [0.4, 0.5) is 0 Å². The van der Waals surface area contributed by atoms with Crippen molar-refractivity contribution in [1.82, 2.24) is 10.9 Å². The molecule has 1 heterocycles. The molecule has 0 radical (unpaired) electrons. The number of halogens is 2. The van der Waals surface area contributed by atoms with E-state index < -0.39 is 5.91 Å². The molecule has 10 heteroatoms. The number of amides is 2. The Bertz CT molecular complexity index is 921. The van der Waals surface area contributed by atoms with Crippen LogP contribution in [0, 0.1) is 0 Å². The molecule has 0 unspecified atom stereocenters. The maximum atomic E-state index is 12.4. The van der Waals surface area contributed by atoms with Crippen molar-refractivity contribution in [2.75, 3.05) is 26.9 Å². The molecule has 3 rings (SSSR count). The summed E-state index contributed by atoms with van der Waals surface area (Å²) >= 11 is 11.8. The number of fused-ring (bicyclic) bond motifs is 1. The summed E-state index contributed by atoms with van der Waals surface area (Å²) in [6.07, 6.45) is 0.578. The number of hydrogen-bond donors (Lipinski definition) is 2. The Hall–Kier alpha value is -2.84. The van der Waals surface area contributed by atoms with Gasteiger partial charge in [0.1, 0.15) is 19.0 Å². The van der Waals surface area contributed by atoms with Gasteiger partial charge < -0.3 is 18.9 Å². The van der Waals surface area contributed by atoms with Crippen molar-refractivity contribution in [2.24, 2.45) is 0 Å². The number of carbonyl (C=O) groups excluding carboxylic acids is 2. The Morgan fingerprint density at radius 3 is 2.63 bits per heavy atom. The van der Waals surface area contributed by atoms with Crippen LogP contribution in [0.1, 0.15) is 23.2 Å². The van der Waals surface area contributed by atoms with Gasteiger partial charge in [-0.1, -0.05) is 23.2 Å². The fourth-order valence-corrected chi connectivity index (χ4v) is 3.14. The normalized spacial score (nSPS) is 12.1. The van der Waals surface area contributed by atoms with Gasteiger partial charge in [0.05, 0.1) is 18.7 Å².